The number of carbonyl (C=O) groups excluding carboxylic acids is 1. The van der Waals surface area contributed by atoms with Gasteiger partial charge in [-0.1, -0.05) is 36.4 Å². The molecule has 0 aromatic heterocycles. The van der Waals surface area contributed by atoms with Gasteiger partial charge in [-0.05, 0) is 5.92 Å². The molecule has 0 aliphatic carbocycles. The molecular weight excluding hydrogens is 241 g/mol. The molecule has 0 bridgehead atoms. The first-order chi connectivity index (χ1) is 4.63. The molecule has 0 aromatic carbocycles. The fraction of sp³-hybridized carbons (Fsp3) is 0.857. The highest BCUT2D eigenvalue weighted by molar-refractivity contribution is 14.1. The van der Waals surface area contributed by atoms with E-state index in [1.165, 1.54) is 0 Å². The molecule has 1 N–H and O–H groups in total. The summed E-state index contributed by atoms with van der Waals surface area (Å²) < 4.78 is 0.898. The Balaban J connectivity index is 3.93. The van der Waals surface area contributed by atoms with Gasteiger partial charge in [0, 0.05) is 17.4 Å². The van der Waals surface area contributed by atoms with Crippen LogP contribution < -0.4 is 5.32 Å². The van der Waals surface area contributed by atoms with Crippen LogP contribution in [-0.2, 0) is 4.79 Å². The molecule has 0 radical (unpaired) electrons. The van der Waals surface area contributed by atoms with Gasteiger partial charge in [0.15, 0.2) is 0 Å². The van der Waals surface area contributed by atoms with Crippen molar-refractivity contribution in [2.24, 2.45) is 11.8 Å². The lowest BCUT2D eigenvalue weighted by Gasteiger charge is -2.15. The van der Waals surface area contributed by atoms with Gasteiger partial charge in [-0.3, -0.25) is 4.79 Å². The Kier molecular flexibility index (Phi) is 5.03. The molecule has 1 amide bonds. The molecule has 0 saturated carbocycles. The molecule has 0 spiro atoms. The van der Waals surface area contributed by atoms with Gasteiger partial charge in [0.05, 0.1) is 0 Å². The van der Waals surface area contributed by atoms with Crippen LogP contribution in [0.1, 0.15) is 13.8 Å². The second-order valence-corrected chi connectivity index (χ2v) is 3.50. The summed E-state index contributed by atoms with van der Waals surface area (Å²) in [6, 6.07) is 0. The van der Waals surface area contributed by atoms with E-state index in [0.29, 0.717) is 5.92 Å². The third-order valence-corrected chi connectivity index (χ3v) is 2.50. The van der Waals surface area contributed by atoms with E-state index in [2.05, 4.69) is 41.8 Å². The fourth-order valence-electron chi connectivity index (χ4n) is 0.736. The zero-order valence-corrected chi connectivity index (χ0v) is 8.81. The number of hydrogen-bond donors (Lipinski definition) is 1. The molecule has 0 heterocycles. The van der Waals surface area contributed by atoms with E-state index in [9.17, 15) is 4.79 Å². The van der Waals surface area contributed by atoms with Gasteiger partial charge in [0.25, 0.3) is 0 Å². The van der Waals surface area contributed by atoms with Crippen molar-refractivity contribution in [3.05, 3.63) is 0 Å². The Morgan fingerprint density at radius 2 is 2.10 bits per heavy atom. The Morgan fingerprint density at radius 3 is 2.20 bits per heavy atom. The summed E-state index contributed by atoms with van der Waals surface area (Å²) in [6.45, 7) is 4.14. The number of amides is 1. The zero-order valence-electron chi connectivity index (χ0n) is 6.65. The minimum atomic E-state index is 0.157. The standard InChI is InChI=1S/C7H14INO/c1-5(2)6(4-8)7(10)9-3/h5-6H,4H2,1-3H3,(H,9,10). The van der Waals surface area contributed by atoms with Gasteiger partial charge in [-0.15, -0.1) is 0 Å². The first kappa shape index (κ1) is 10.2. The van der Waals surface area contributed by atoms with Crippen molar-refractivity contribution in [2.45, 2.75) is 13.8 Å². The van der Waals surface area contributed by atoms with Gasteiger partial charge in [-0.2, -0.15) is 0 Å². The molecule has 10 heavy (non-hydrogen) atoms. The summed E-state index contributed by atoms with van der Waals surface area (Å²) in [5.41, 5.74) is 0. The number of alkyl halides is 1. The molecule has 0 rings (SSSR count). The van der Waals surface area contributed by atoms with Crippen molar-refractivity contribution in [1.82, 2.24) is 5.32 Å². The third-order valence-electron chi connectivity index (χ3n) is 1.55. The average molecular weight is 255 g/mol. The van der Waals surface area contributed by atoms with Crippen LogP contribution in [0, 0.1) is 11.8 Å². The number of halogens is 1. The number of carbonyl (C=O) groups is 1. The van der Waals surface area contributed by atoms with Crippen LogP contribution in [0.3, 0.4) is 0 Å². The van der Waals surface area contributed by atoms with E-state index in [1.54, 1.807) is 7.05 Å². The second-order valence-electron chi connectivity index (χ2n) is 2.62. The van der Waals surface area contributed by atoms with E-state index >= 15 is 0 Å². The van der Waals surface area contributed by atoms with Crippen LogP contribution in [0.15, 0.2) is 0 Å². The molecule has 1 unspecified atom stereocenters. The predicted molar refractivity (Wildman–Crippen MR) is 51.3 cm³/mol. The molecule has 3 heteroatoms. The quantitative estimate of drug-likeness (QED) is 0.600. The Morgan fingerprint density at radius 1 is 1.60 bits per heavy atom. The maximum atomic E-state index is 11.1. The lowest BCUT2D eigenvalue weighted by molar-refractivity contribution is -0.124. The summed E-state index contributed by atoms with van der Waals surface area (Å²) in [5.74, 6) is 0.770. The molecule has 1 atom stereocenters. The second kappa shape index (κ2) is 4.93. The number of nitrogens with one attached hydrogen (secondary N) is 1. The topological polar surface area (TPSA) is 29.1 Å². The van der Waals surface area contributed by atoms with Gasteiger partial charge in [0.2, 0.25) is 5.91 Å². The average Bonchev–Trinajstić information content (AvgIpc) is 1.88. The Labute approximate surface area is 75.9 Å². The molecular formula is C7H14INO. The van der Waals surface area contributed by atoms with E-state index in [-0.39, 0.29) is 11.8 Å². The predicted octanol–water partition coefficient (Wildman–Crippen LogP) is 1.44. The highest BCUT2D eigenvalue weighted by atomic mass is 127. The van der Waals surface area contributed by atoms with Gasteiger partial charge in [-0.25, -0.2) is 0 Å². The summed E-state index contributed by atoms with van der Waals surface area (Å²) in [7, 11) is 1.68. The first-order valence-corrected chi connectivity index (χ1v) is 4.93. The smallest absolute Gasteiger partial charge is 0.223 e. The van der Waals surface area contributed by atoms with E-state index in [1.807, 2.05) is 0 Å². The largest absolute Gasteiger partial charge is 0.359 e. The monoisotopic (exact) mass is 255 g/mol. The van der Waals surface area contributed by atoms with Crippen LogP contribution in [0.2, 0.25) is 0 Å². The normalized spacial score (nSPS) is 13.3. The van der Waals surface area contributed by atoms with Gasteiger partial charge in [0.1, 0.15) is 0 Å². The van der Waals surface area contributed by atoms with Crippen LogP contribution in [0.4, 0.5) is 0 Å². The maximum Gasteiger partial charge on any atom is 0.223 e. The molecule has 0 aromatic rings. The Hall–Kier alpha value is 0.200. The Bertz CT molecular complexity index is 114. The zero-order chi connectivity index (χ0) is 8.15. The lowest BCUT2D eigenvalue weighted by Crippen LogP contribution is -2.31. The van der Waals surface area contributed by atoms with Crippen LogP contribution in [-0.4, -0.2) is 17.4 Å². The summed E-state index contributed by atoms with van der Waals surface area (Å²) in [4.78, 5) is 11.1. The highest BCUT2D eigenvalue weighted by Crippen LogP contribution is 2.13. The molecule has 60 valence electrons. The number of rotatable bonds is 3. The fourth-order valence-corrected chi connectivity index (χ4v) is 2.15. The van der Waals surface area contributed by atoms with Crippen molar-refractivity contribution in [2.75, 3.05) is 11.5 Å². The van der Waals surface area contributed by atoms with E-state index in [4.69, 9.17) is 0 Å². The van der Waals surface area contributed by atoms with E-state index < -0.39 is 0 Å². The summed E-state index contributed by atoms with van der Waals surface area (Å²) in [6.07, 6.45) is 0. The third kappa shape index (κ3) is 2.86. The van der Waals surface area contributed by atoms with Crippen molar-refractivity contribution in [1.29, 1.82) is 0 Å². The first-order valence-electron chi connectivity index (χ1n) is 3.41. The van der Waals surface area contributed by atoms with E-state index in [0.717, 1.165) is 4.43 Å². The molecule has 2 nitrogen and oxygen atoms in total. The minimum Gasteiger partial charge on any atom is -0.359 e. The molecule has 0 saturated heterocycles. The summed E-state index contributed by atoms with van der Waals surface area (Å²) >= 11 is 2.24. The molecule has 0 fully saturated rings. The van der Waals surface area contributed by atoms with Crippen LogP contribution in [0.25, 0.3) is 0 Å². The van der Waals surface area contributed by atoms with Gasteiger partial charge >= 0.3 is 0 Å². The highest BCUT2D eigenvalue weighted by Gasteiger charge is 2.18. The van der Waals surface area contributed by atoms with Crippen LogP contribution >= 0.6 is 22.6 Å². The van der Waals surface area contributed by atoms with Crippen molar-refractivity contribution < 1.29 is 4.79 Å². The SMILES string of the molecule is CNC(=O)C(CI)C(C)C. The van der Waals surface area contributed by atoms with Crippen molar-refractivity contribution >= 4 is 28.5 Å². The minimum absolute atomic E-state index is 0.157. The van der Waals surface area contributed by atoms with Crippen LogP contribution in [0.5, 0.6) is 0 Å². The maximum absolute atomic E-state index is 11.1. The lowest BCUT2D eigenvalue weighted by atomic mass is 9.97. The van der Waals surface area contributed by atoms with Crippen molar-refractivity contribution in [3.63, 3.8) is 0 Å². The van der Waals surface area contributed by atoms with Crippen molar-refractivity contribution in [3.8, 4) is 0 Å². The summed E-state index contributed by atoms with van der Waals surface area (Å²) in [5, 5.41) is 2.65. The van der Waals surface area contributed by atoms with Gasteiger partial charge < -0.3 is 5.32 Å². The molecule has 0 aliphatic rings. The molecule has 0 aliphatic heterocycles. The number of hydrogen-bond acceptors (Lipinski definition) is 1.